The van der Waals surface area contributed by atoms with Crippen LogP contribution in [0.4, 0.5) is 21.1 Å². The minimum absolute atomic E-state index is 0.000305. The summed E-state index contributed by atoms with van der Waals surface area (Å²) in [4.78, 5) is 44.7. The van der Waals surface area contributed by atoms with Crippen LogP contribution in [0.15, 0.2) is 43.0 Å². The van der Waals surface area contributed by atoms with Gasteiger partial charge >= 0.3 is 12.2 Å². The molecule has 1 atom stereocenters. The lowest BCUT2D eigenvalue weighted by Gasteiger charge is -2.53. The van der Waals surface area contributed by atoms with Crippen molar-refractivity contribution in [2.45, 2.75) is 71.1 Å². The van der Waals surface area contributed by atoms with Crippen LogP contribution in [0.1, 0.15) is 54.4 Å². The van der Waals surface area contributed by atoms with E-state index in [1.54, 1.807) is 70.7 Å². The van der Waals surface area contributed by atoms with Crippen LogP contribution >= 0.6 is 0 Å². The molecule has 3 heterocycles. The summed E-state index contributed by atoms with van der Waals surface area (Å²) in [6.45, 7) is 14.8. The van der Waals surface area contributed by atoms with Gasteiger partial charge in [-0.1, -0.05) is 18.7 Å². The molecule has 0 aliphatic carbocycles. The lowest BCUT2D eigenvalue weighted by atomic mass is 9.84. The molecule has 1 unspecified atom stereocenters. The summed E-state index contributed by atoms with van der Waals surface area (Å²) >= 11 is 0. The van der Waals surface area contributed by atoms with E-state index < -0.39 is 28.9 Å². The quantitative estimate of drug-likeness (QED) is 0.523. The molecule has 40 heavy (non-hydrogen) atoms. The minimum Gasteiger partial charge on any atom is -0.507 e. The van der Waals surface area contributed by atoms with Gasteiger partial charge in [0.1, 0.15) is 17.0 Å². The van der Waals surface area contributed by atoms with Crippen LogP contribution in [0.25, 0.3) is 11.3 Å². The number of carbonyl (C=O) groups excluding carboxylic acids is 3. The van der Waals surface area contributed by atoms with Gasteiger partial charge in [0, 0.05) is 18.7 Å². The van der Waals surface area contributed by atoms with Crippen molar-refractivity contribution in [3.05, 3.63) is 43.0 Å². The van der Waals surface area contributed by atoms with E-state index in [0.29, 0.717) is 30.6 Å². The number of aromatic hydroxyl groups is 1. The Bertz CT molecular complexity index is 1330. The standard InChI is InChI=1S/C29H37N5O6/c1-8-23(36)32-15-11-14-29(17-32)18-33(25(37)39-27(2,3)4)24-21(34(29)26(38)40-28(5,6)7)16-20(30-31-24)19-12-9-10-13-22(19)35/h8-10,12-13,16,35H,1,11,14-15,17-18H2,2-7H3. The third-order valence-electron chi connectivity index (χ3n) is 6.59. The molecule has 4 rings (SSSR count). The van der Waals surface area contributed by atoms with Gasteiger partial charge < -0.3 is 19.5 Å². The molecule has 11 nitrogen and oxygen atoms in total. The topological polar surface area (TPSA) is 125 Å². The second-order valence-electron chi connectivity index (χ2n) is 12.1. The van der Waals surface area contributed by atoms with Crippen molar-refractivity contribution in [3.63, 3.8) is 0 Å². The van der Waals surface area contributed by atoms with Crippen LogP contribution in [0.2, 0.25) is 0 Å². The van der Waals surface area contributed by atoms with E-state index in [1.165, 1.54) is 21.9 Å². The monoisotopic (exact) mass is 551 g/mol. The number of phenolic OH excluding ortho intramolecular Hbond substituents is 1. The number of hydrogen-bond donors (Lipinski definition) is 1. The highest BCUT2D eigenvalue weighted by molar-refractivity contribution is 6.01. The number of nitrogens with zero attached hydrogens (tertiary/aromatic N) is 5. The van der Waals surface area contributed by atoms with Gasteiger partial charge in [-0.05, 0) is 78.7 Å². The SMILES string of the molecule is C=CC(=O)N1CCCC2(C1)CN(C(=O)OC(C)(C)C)c1nnc(-c3ccccc3O)cc1N2C(=O)OC(C)(C)C. The maximum Gasteiger partial charge on any atom is 0.416 e. The lowest BCUT2D eigenvalue weighted by Crippen LogP contribution is -2.69. The van der Waals surface area contributed by atoms with Gasteiger partial charge in [0.15, 0.2) is 5.82 Å². The molecule has 2 aliphatic heterocycles. The predicted octanol–water partition coefficient (Wildman–Crippen LogP) is 4.89. The smallest absolute Gasteiger partial charge is 0.416 e. The maximum absolute atomic E-state index is 14.0. The summed E-state index contributed by atoms with van der Waals surface area (Å²) in [7, 11) is 0. The summed E-state index contributed by atoms with van der Waals surface area (Å²) in [6, 6.07) is 8.24. The molecule has 0 saturated carbocycles. The third kappa shape index (κ3) is 5.88. The Morgan fingerprint density at radius 3 is 2.27 bits per heavy atom. The first-order valence-electron chi connectivity index (χ1n) is 13.3. The molecule has 0 bridgehead atoms. The second kappa shape index (κ2) is 10.4. The fourth-order valence-corrected chi connectivity index (χ4v) is 5.06. The van der Waals surface area contributed by atoms with Crippen LogP contribution in [0.3, 0.4) is 0 Å². The normalized spacial score (nSPS) is 19.2. The van der Waals surface area contributed by atoms with Crippen LogP contribution in [-0.4, -0.2) is 74.7 Å². The Labute approximate surface area is 234 Å². The number of ether oxygens (including phenoxy) is 2. The summed E-state index contributed by atoms with van der Waals surface area (Å²) in [5, 5.41) is 19.2. The minimum atomic E-state index is -1.07. The van der Waals surface area contributed by atoms with Gasteiger partial charge in [-0.25, -0.2) is 9.59 Å². The lowest BCUT2D eigenvalue weighted by molar-refractivity contribution is -0.128. The highest BCUT2D eigenvalue weighted by atomic mass is 16.6. The van der Waals surface area contributed by atoms with Crippen molar-refractivity contribution in [1.29, 1.82) is 0 Å². The molecule has 1 aromatic heterocycles. The molecule has 1 saturated heterocycles. The first-order chi connectivity index (χ1) is 18.6. The first-order valence-corrected chi connectivity index (χ1v) is 13.3. The van der Waals surface area contributed by atoms with Crippen molar-refractivity contribution >= 4 is 29.6 Å². The molecule has 2 aromatic rings. The van der Waals surface area contributed by atoms with Gasteiger partial charge in [-0.15, -0.1) is 10.2 Å². The summed E-state index contributed by atoms with van der Waals surface area (Å²) in [5.74, 6) is -0.187. The number of para-hydroxylation sites is 1. The molecular weight excluding hydrogens is 514 g/mol. The van der Waals surface area contributed by atoms with Crippen LogP contribution < -0.4 is 9.80 Å². The van der Waals surface area contributed by atoms with E-state index in [4.69, 9.17) is 9.47 Å². The predicted molar refractivity (Wildman–Crippen MR) is 150 cm³/mol. The average Bonchev–Trinajstić information content (AvgIpc) is 2.85. The van der Waals surface area contributed by atoms with Gasteiger partial charge in [0.05, 0.1) is 23.5 Å². The number of fused-ring (bicyclic) bond motifs is 1. The second-order valence-corrected chi connectivity index (χ2v) is 12.1. The number of anilines is 2. The third-order valence-corrected chi connectivity index (χ3v) is 6.59. The molecular formula is C29H37N5O6. The molecule has 2 aliphatic rings. The Balaban J connectivity index is 1.95. The molecule has 3 amide bonds. The number of aromatic nitrogens is 2. The molecule has 1 spiro atoms. The van der Waals surface area contributed by atoms with Gasteiger partial charge in [-0.2, -0.15) is 0 Å². The molecule has 214 valence electrons. The number of rotatable bonds is 2. The molecule has 0 radical (unpaired) electrons. The Hall–Kier alpha value is -4.15. The Morgan fingerprint density at radius 2 is 1.65 bits per heavy atom. The number of likely N-dealkylation sites (tertiary alicyclic amines) is 1. The number of benzene rings is 1. The van der Waals surface area contributed by atoms with E-state index in [9.17, 15) is 19.5 Å². The Morgan fingerprint density at radius 1 is 1.00 bits per heavy atom. The number of hydrogen-bond acceptors (Lipinski definition) is 8. The van der Waals surface area contributed by atoms with Gasteiger partial charge in [0.2, 0.25) is 5.91 Å². The van der Waals surface area contributed by atoms with Crippen molar-refractivity contribution in [2.75, 3.05) is 29.4 Å². The van der Waals surface area contributed by atoms with Crippen LogP contribution in [0, 0.1) is 0 Å². The highest BCUT2D eigenvalue weighted by Gasteiger charge is 2.53. The van der Waals surface area contributed by atoms with Crippen LogP contribution in [-0.2, 0) is 14.3 Å². The molecule has 11 heteroatoms. The van der Waals surface area contributed by atoms with E-state index >= 15 is 0 Å². The zero-order valence-electron chi connectivity index (χ0n) is 23.9. The van der Waals surface area contributed by atoms with Crippen molar-refractivity contribution < 1.29 is 29.0 Å². The molecule has 1 N–H and O–H groups in total. The van der Waals surface area contributed by atoms with Gasteiger partial charge in [0.25, 0.3) is 0 Å². The first kappa shape index (κ1) is 28.8. The maximum atomic E-state index is 14.0. The van der Waals surface area contributed by atoms with E-state index in [1.807, 2.05) is 0 Å². The Kier molecular flexibility index (Phi) is 7.53. The van der Waals surface area contributed by atoms with Gasteiger partial charge in [-0.3, -0.25) is 14.6 Å². The largest absolute Gasteiger partial charge is 0.507 e. The number of amides is 3. The molecule has 1 aromatic carbocycles. The van der Waals surface area contributed by atoms with E-state index in [-0.39, 0.29) is 36.3 Å². The average molecular weight is 552 g/mol. The summed E-state index contributed by atoms with van der Waals surface area (Å²) < 4.78 is 11.6. The zero-order valence-corrected chi connectivity index (χ0v) is 23.9. The molecule has 1 fully saturated rings. The highest BCUT2D eigenvalue weighted by Crippen LogP contribution is 2.45. The fraction of sp³-hybridized carbons (Fsp3) is 0.483. The van der Waals surface area contributed by atoms with Crippen LogP contribution in [0.5, 0.6) is 5.75 Å². The van der Waals surface area contributed by atoms with Crippen molar-refractivity contribution in [3.8, 4) is 17.0 Å². The fourth-order valence-electron chi connectivity index (χ4n) is 5.06. The van der Waals surface area contributed by atoms with E-state index in [0.717, 1.165) is 0 Å². The number of carbonyl (C=O) groups is 3. The van der Waals surface area contributed by atoms with Crippen molar-refractivity contribution in [1.82, 2.24) is 15.1 Å². The summed E-state index contributed by atoms with van der Waals surface area (Å²) in [6.07, 6.45) is 0.970. The zero-order chi connectivity index (χ0) is 29.5. The summed E-state index contributed by atoms with van der Waals surface area (Å²) in [5.41, 5.74) is -1.74. The number of piperidine rings is 1. The van der Waals surface area contributed by atoms with Crippen molar-refractivity contribution in [2.24, 2.45) is 0 Å². The number of phenols is 1. The van der Waals surface area contributed by atoms with E-state index in [2.05, 4.69) is 16.8 Å².